The van der Waals surface area contributed by atoms with Gasteiger partial charge in [-0.1, -0.05) is 17.7 Å². The second kappa shape index (κ2) is 9.69. The summed E-state index contributed by atoms with van der Waals surface area (Å²) in [6.45, 7) is 8.51. The molecule has 0 bridgehead atoms. The van der Waals surface area contributed by atoms with Gasteiger partial charge in [0, 0.05) is 25.8 Å². The van der Waals surface area contributed by atoms with Gasteiger partial charge in [-0.2, -0.15) is 0 Å². The smallest absolute Gasteiger partial charge is 0.337 e. The summed E-state index contributed by atoms with van der Waals surface area (Å²) >= 11 is 0. The number of nitrogens with zero attached hydrogens (tertiary/aromatic N) is 3. The standard InChI is InChI=1S/C24H32N4O4S/c1-17-7-8-22(18(2)12-17)33(31,32)26-21-13-20(24(29)30)14-25-23(21)28-11-5-6-19(16-28)15-27-9-3-4-10-27/h7-8,12-14,19,26H,3-6,9-11,15-16H2,1-2H3,(H,29,30)/t19-/m0/s1. The molecule has 0 saturated carbocycles. The van der Waals surface area contributed by atoms with E-state index in [4.69, 9.17) is 0 Å². The molecule has 1 aromatic carbocycles. The lowest BCUT2D eigenvalue weighted by atomic mass is 9.97. The second-order valence-corrected chi connectivity index (χ2v) is 10.9. The lowest BCUT2D eigenvalue weighted by Gasteiger charge is -2.36. The van der Waals surface area contributed by atoms with Crippen LogP contribution in [0.15, 0.2) is 35.4 Å². The van der Waals surface area contributed by atoms with E-state index in [1.165, 1.54) is 25.1 Å². The Morgan fingerprint density at radius 1 is 1.15 bits per heavy atom. The predicted octanol–water partition coefficient (Wildman–Crippen LogP) is 3.51. The van der Waals surface area contributed by atoms with Crippen LogP contribution in [0.5, 0.6) is 0 Å². The van der Waals surface area contributed by atoms with Gasteiger partial charge in [-0.25, -0.2) is 18.2 Å². The normalized spacial score (nSPS) is 19.6. The number of nitrogens with one attached hydrogen (secondary N) is 1. The van der Waals surface area contributed by atoms with Crippen LogP contribution in [0.4, 0.5) is 11.5 Å². The molecule has 178 valence electrons. The number of piperidine rings is 1. The van der Waals surface area contributed by atoms with Crippen LogP contribution in [0.25, 0.3) is 0 Å². The number of aromatic carboxylic acids is 1. The van der Waals surface area contributed by atoms with Crippen LogP contribution in [0.3, 0.4) is 0 Å². The minimum Gasteiger partial charge on any atom is -0.478 e. The molecule has 33 heavy (non-hydrogen) atoms. The van der Waals surface area contributed by atoms with Gasteiger partial charge in [0.1, 0.15) is 0 Å². The molecule has 2 aromatic rings. The Balaban J connectivity index is 1.62. The Morgan fingerprint density at radius 3 is 2.61 bits per heavy atom. The molecule has 2 aliphatic rings. The number of benzene rings is 1. The van der Waals surface area contributed by atoms with Crippen molar-refractivity contribution < 1.29 is 18.3 Å². The summed E-state index contributed by atoms with van der Waals surface area (Å²) < 4.78 is 29.1. The highest BCUT2D eigenvalue weighted by Gasteiger charge is 2.28. The van der Waals surface area contributed by atoms with E-state index in [-0.39, 0.29) is 16.1 Å². The summed E-state index contributed by atoms with van der Waals surface area (Å²) in [5, 5.41) is 9.47. The number of sulfonamides is 1. The summed E-state index contributed by atoms with van der Waals surface area (Å²) in [7, 11) is -3.91. The molecular formula is C24H32N4O4S. The van der Waals surface area contributed by atoms with Gasteiger partial charge in [-0.15, -0.1) is 0 Å². The van der Waals surface area contributed by atoms with Gasteiger partial charge >= 0.3 is 5.97 Å². The first kappa shape index (κ1) is 23.5. The van der Waals surface area contributed by atoms with Crippen molar-refractivity contribution in [3.63, 3.8) is 0 Å². The third kappa shape index (κ3) is 5.47. The number of anilines is 2. The maximum Gasteiger partial charge on any atom is 0.337 e. The summed E-state index contributed by atoms with van der Waals surface area (Å²) in [6.07, 6.45) is 5.92. The average molecular weight is 473 g/mol. The Bertz CT molecular complexity index is 1130. The Morgan fingerprint density at radius 2 is 1.91 bits per heavy atom. The number of hydrogen-bond acceptors (Lipinski definition) is 6. The lowest BCUT2D eigenvalue weighted by molar-refractivity contribution is 0.0696. The van der Waals surface area contributed by atoms with Crippen LogP contribution >= 0.6 is 0 Å². The molecular weight excluding hydrogens is 440 g/mol. The van der Waals surface area contributed by atoms with E-state index in [1.54, 1.807) is 19.1 Å². The first-order chi connectivity index (χ1) is 15.7. The zero-order chi connectivity index (χ0) is 23.6. The van der Waals surface area contributed by atoms with Crippen LogP contribution in [-0.4, -0.2) is 62.1 Å². The third-order valence-corrected chi connectivity index (χ3v) is 8.04. The van der Waals surface area contributed by atoms with Gasteiger partial charge in [0.05, 0.1) is 16.1 Å². The fraction of sp³-hybridized carbons (Fsp3) is 0.500. The second-order valence-electron chi connectivity index (χ2n) is 9.24. The van der Waals surface area contributed by atoms with Crippen LogP contribution in [-0.2, 0) is 10.0 Å². The molecule has 0 amide bonds. The van der Waals surface area contributed by atoms with Crippen molar-refractivity contribution in [3.8, 4) is 0 Å². The van der Waals surface area contributed by atoms with Crippen molar-refractivity contribution in [2.24, 2.45) is 5.92 Å². The number of aromatic nitrogens is 1. The lowest BCUT2D eigenvalue weighted by Crippen LogP contribution is -2.41. The van der Waals surface area contributed by atoms with Gasteiger partial charge in [0.2, 0.25) is 0 Å². The Kier molecular flexibility index (Phi) is 6.90. The zero-order valence-electron chi connectivity index (χ0n) is 19.2. The Hall–Kier alpha value is -2.65. The van der Waals surface area contributed by atoms with Crippen molar-refractivity contribution in [2.45, 2.75) is 44.4 Å². The molecule has 4 rings (SSSR count). The monoisotopic (exact) mass is 472 g/mol. The number of likely N-dealkylation sites (tertiary alicyclic amines) is 1. The molecule has 1 atom stereocenters. The van der Waals surface area contributed by atoms with Crippen LogP contribution < -0.4 is 9.62 Å². The molecule has 3 heterocycles. The van der Waals surface area contributed by atoms with Gasteiger partial charge in [0.25, 0.3) is 10.0 Å². The van der Waals surface area contributed by atoms with Crippen molar-refractivity contribution >= 4 is 27.5 Å². The number of carboxylic acids is 1. The van der Waals surface area contributed by atoms with Crippen molar-refractivity contribution in [1.29, 1.82) is 0 Å². The molecule has 0 radical (unpaired) electrons. The summed E-state index contributed by atoms with van der Waals surface area (Å²) in [4.78, 5) is 20.7. The average Bonchev–Trinajstić information content (AvgIpc) is 3.26. The quantitative estimate of drug-likeness (QED) is 0.636. The molecule has 1 aromatic heterocycles. The molecule has 2 fully saturated rings. The number of pyridine rings is 1. The largest absolute Gasteiger partial charge is 0.478 e. The molecule has 9 heteroatoms. The first-order valence-corrected chi connectivity index (χ1v) is 13.0. The number of aryl methyl sites for hydroxylation is 2. The van der Waals surface area contributed by atoms with E-state index in [0.717, 1.165) is 51.1 Å². The molecule has 8 nitrogen and oxygen atoms in total. The van der Waals surface area contributed by atoms with E-state index < -0.39 is 16.0 Å². The molecule has 2 N–H and O–H groups in total. The Labute approximate surface area is 195 Å². The maximum absolute atomic E-state index is 13.2. The summed E-state index contributed by atoms with van der Waals surface area (Å²) in [6, 6.07) is 6.51. The third-order valence-electron chi connectivity index (χ3n) is 6.51. The molecule has 0 aliphatic carbocycles. The topological polar surface area (TPSA) is 103 Å². The first-order valence-electron chi connectivity index (χ1n) is 11.5. The van der Waals surface area contributed by atoms with Gasteiger partial charge in [-0.3, -0.25) is 4.72 Å². The molecule has 0 spiro atoms. The van der Waals surface area contributed by atoms with Crippen molar-refractivity contribution in [3.05, 3.63) is 47.2 Å². The molecule has 0 unspecified atom stereocenters. The highest BCUT2D eigenvalue weighted by molar-refractivity contribution is 7.92. The fourth-order valence-corrected chi connectivity index (χ4v) is 6.22. The predicted molar refractivity (Wildman–Crippen MR) is 129 cm³/mol. The molecule has 2 saturated heterocycles. The number of carbonyl (C=O) groups is 1. The van der Waals surface area contributed by atoms with Gasteiger partial charge < -0.3 is 14.9 Å². The van der Waals surface area contributed by atoms with E-state index in [0.29, 0.717) is 17.3 Å². The minimum atomic E-state index is -3.91. The number of carboxylic acid groups (broad SMARTS) is 1. The highest BCUT2D eigenvalue weighted by Crippen LogP contribution is 2.32. The number of hydrogen-bond donors (Lipinski definition) is 2. The van der Waals surface area contributed by atoms with E-state index >= 15 is 0 Å². The molecule has 2 aliphatic heterocycles. The number of rotatable bonds is 7. The van der Waals surface area contributed by atoms with Crippen molar-refractivity contribution in [1.82, 2.24) is 9.88 Å². The highest BCUT2D eigenvalue weighted by atomic mass is 32.2. The summed E-state index contributed by atoms with van der Waals surface area (Å²) in [5.74, 6) is -0.187. The summed E-state index contributed by atoms with van der Waals surface area (Å²) in [5.41, 5.74) is 1.76. The van der Waals surface area contributed by atoms with E-state index in [9.17, 15) is 18.3 Å². The van der Waals surface area contributed by atoms with Crippen molar-refractivity contribution in [2.75, 3.05) is 42.3 Å². The van der Waals surface area contributed by atoms with Crippen LogP contribution in [0, 0.1) is 19.8 Å². The van der Waals surface area contributed by atoms with Gasteiger partial charge in [0.15, 0.2) is 5.82 Å². The zero-order valence-corrected chi connectivity index (χ0v) is 20.1. The van der Waals surface area contributed by atoms with Gasteiger partial charge in [-0.05, 0) is 76.2 Å². The maximum atomic E-state index is 13.2. The van der Waals surface area contributed by atoms with E-state index in [1.807, 2.05) is 13.0 Å². The minimum absolute atomic E-state index is 0.0531. The fourth-order valence-electron chi connectivity index (χ4n) is 4.94. The van der Waals surface area contributed by atoms with Crippen LogP contribution in [0.2, 0.25) is 0 Å². The van der Waals surface area contributed by atoms with Crippen LogP contribution in [0.1, 0.15) is 47.2 Å². The SMILES string of the molecule is Cc1ccc(S(=O)(=O)Nc2cc(C(=O)O)cnc2N2CCC[C@@H](CN3CCCC3)C2)c(C)c1. The van der Waals surface area contributed by atoms with E-state index in [2.05, 4.69) is 19.5 Å².